The molecule has 0 aliphatic carbocycles. The maximum absolute atomic E-state index is 13.2. The van der Waals surface area contributed by atoms with Crippen LogP contribution in [0.3, 0.4) is 0 Å². The zero-order chi connectivity index (χ0) is 22.8. The van der Waals surface area contributed by atoms with Crippen molar-refractivity contribution in [2.24, 2.45) is 5.92 Å². The zero-order valence-electron chi connectivity index (χ0n) is 18.1. The Morgan fingerprint density at radius 2 is 1.88 bits per heavy atom. The van der Waals surface area contributed by atoms with Crippen LogP contribution in [0.25, 0.3) is 11.0 Å². The van der Waals surface area contributed by atoms with Crippen LogP contribution in [0.1, 0.15) is 23.2 Å². The number of rotatable bonds is 6. The SMILES string of the molecule is O=C(O)N1CCC(CNc2ncnc3[nH]cc(C(=O)N4CC(Oc5ccccc5)C4)c23)CC1. The normalized spacial score (nSPS) is 17.1. The summed E-state index contributed by atoms with van der Waals surface area (Å²) in [6.45, 7) is 2.79. The van der Waals surface area contributed by atoms with Gasteiger partial charge in [0, 0.05) is 25.8 Å². The molecule has 0 spiro atoms. The minimum absolute atomic E-state index is 0.0212. The Morgan fingerprint density at radius 1 is 1.12 bits per heavy atom. The number of aromatic nitrogens is 3. The number of likely N-dealkylation sites (tertiary alicyclic amines) is 2. The van der Waals surface area contributed by atoms with Gasteiger partial charge in [-0.2, -0.15) is 0 Å². The first-order valence-electron chi connectivity index (χ1n) is 11.1. The number of anilines is 1. The Balaban J connectivity index is 1.23. The van der Waals surface area contributed by atoms with Gasteiger partial charge in [0.15, 0.2) is 0 Å². The van der Waals surface area contributed by atoms with Crippen molar-refractivity contribution in [2.45, 2.75) is 18.9 Å². The first-order valence-corrected chi connectivity index (χ1v) is 11.1. The molecule has 0 unspecified atom stereocenters. The minimum atomic E-state index is -0.864. The average Bonchev–Trinajstić information content (AvgIpc) is 3.25. The number of ether oxygens (including phenoxy) is 1. The van der Waals surface area contributed by atoms with Gasteiger partial charge in [-0.05, 0) is 30.9 Å². The number of para-hydroxylation sites is 1. The summed E-state index contributed by atoms with van der Waals surface area (Å²) in [4.78, 5) is 39.2. The summed E-state index contributed by atoms with van der Waals surface area (Å²) < 4.78 is 5.91. The Kier molecular flexibility index (Phi) is 5.72. The van der Waals surface area contributed by atoms with Gasteiger partial charge in [0.2, 0.25) is 0 Å². The molecule has 172 valence electrons. The molecule has 33 heavy (non-hydrogen) atoms. The summed E-state index contributed by atoms with van der Waals surface area (Å²) in [7, 11) is 0. The summed E-state index contributed by atoms with van der Waals surface area (Å²) in [5.41, 5.74) is 1.14. The van der Waals surface area contributed by atoms with Gasteiger partial charge in [0.05, 0.1) is 24.0 Å². The van der Waals surface area contributed by atoms with E-state index in [0.717, 1.165) is 18.6 Å². The topological polar surface area (TPSA) is 124 Å². The molecule has 10 nitrogen and oxygen atoms in total. The first kappa shape index (κ1) is 21.0. The molecule has 0 saturated carbocycles. The number of nitrogens with zero attached hydrogens (tertiary/aromatic N) is 4. The Bertz CT molecular complexity index is 1140. The van der Waals surface area contributed by atoms with E-state index in [9.17, 15) is 9.59 Å². The number of carbonyl (C=O) groups excluding carboxylic acids is 1. The fourth-order valence-electron chi connectivity index (χ4n) is 4.38. The van der Waals surface area contributed by atoms with Gasteiger partial charge in [-0.25, -0.2) is 14.8 Å². The quantitative estimate of drug-likeness (QED) is 0.527. The lowest BCUT2D eigenvalue weighted by molar-refractivity contribution is 0.0179. The number of H-pyrrole nitrogens is 1. The van der Waals surface area contributed by atoms with Crippen LogP contribution >= 0.6 is 0 Å². The molecule has 0 radical (unpaired) electrons. The molecule has 2 aliphatic rings. The second kappa shape index (κ2) is 8.97. The number of aromatic amines is 1. The molecule has 2 aromatic heterocycles. The van der Waals surface area contributed by atoms with Crippen molar-refractivity contribution >= 4 is 28.9 Å². The van der Waals surface area contributed by atoms with Gasteiger partial charge in [-0.1, -0.05) is 18.2 Å². The number of carbonyl (C=O) groups is 2. The highest BCUT2D eigenvalue weighted by molar-refractivity contribution is 6.09. The lowest BCUT2D eigenvalue weighted by Gasteiger charge is -2.38. The van der Waals surface area contributed by atoms with Gasteiger partial charge >= 0.3 is 6.09 Å². The number of hydrogen-bond acceptors (Lipinski definition) is 6. The Morgan fingerprint density at radius 3 is 2.61 bits per heavy atom. The van der Waals surface area contributed by atoms with Crippen LogP contribution in [-0.2, 0) is 0 Å². The lowest BCUT2D eigenvalue weighted by Crippen LogP contribution is -2.56. The largest absolute Gasteiger partial charge is 0.487 e. The third-order valence-corrected chi connectivity index (χ3v) is 6.32. The van der Waals surface area contributed by atoms with Crippen molar-refractivity contribution in [3.8, 4) is 5.75 Å². The number of nitrogens with one attached hydrogen (secondary N) is 2. The molecule has 5 rings (SSSR count). The van der Waals surface area contributed by atoms with E-state index in [4.69, 9.17) is 9.84 Å². The molecule has 2 fully saturated rings. The predicted octanol–water partition coefficient (Wildman–Crippen LogP) is 2.66. The maximum Gasteiger partial charge on any atom is 0.407 e. The zero-order valence-corrected chi connectivity index (χ0v) is 18.1. The van der Waals surface area contributed by atoms with Gasteiger partial charge < -0.3 is 29.9 Å². The van der Waals surface area contributed by atoms with Crippen molar-refractivity contribution in [1.29, 1.82) is 0 Å². The summed E-state index contributed by atoms with van der Waals surface area (Å²) in [5.74, 6) is 1.68. The molecule has 2 aliphatic heterocycles. The van der Waals surface area contributed by atoms with Gasteiger partial charge in [0.1, 0.15) is 29.6 Å². The average molecular weight is 450 g/mol. The Labute approximate surface area is 190 Å². The fourth-order valence-corrected chi connectivity index (χ4v) is 4.38. The molecule has 1 aromatic carbocycles. The van der Waals surface area contributed by atoms with E-state index >= 15 is 0 Å². The van der Waals surface area contributed by atoms with Crippen LogP contribution in [0.4, 0.5) is 10.6 Å². The van der Waals surface area contributed by atoms with Crippen molar-refractivity contribution in [3.05, 3.63) is 48.4 Å². The number of piperidine rings is 1. The highest BCUT2D eigenvalue weighted by Gasteiger charge is 2.34. The fraction of sp³-hybridized carbons (Fsp3) is 0.391. The monoisotopic (exact) mass is 450 g/mol. The smallest absolute Gasteiger partial charge is 0.407 e. The lowest BCUT2D eigenvalue weighted by atomic mass is 9.97. The van der Waals surface area contributed by atoms with E-state index in [1.54, 1.807) is 11.1 Å². The molecule has 2 amide bonds. The number of amides is 2. The molecule has 10 heteroatoms. The molecule has 2 saturated heterocycles. The molecule has 0 atom stereocenters. The number of hydrogen-bond donors (Lipinski definition) is 3. The minimum Gasteiger partial charge on any atom is -0.487 e. The highest BCUT2D eigenvalue weighted by atomic mass is 16.5. The van der Waals surface area contributed by atoms with E-state index in [1.165, 1.54) is 11.2 Å². The molecular weight excluding hydrogens is 424 g/mol. The van der Waals surface area contributed by atoms with Crippen LogP contribution in [0.15, 0.2) is 42.9 Å². The second-order valence-corrected chi connectivity index (χ2v) is 8.51. The maximum atomic E-state index is 13.2. The summed E-state index contributed by atoms with van der Waals surface area (Å²) in [6, 6.07) is 9.60. The van der Waals surface area contributed by atoms with E-state index in [1.807, 2.05) is 30.3 Å². The van der Waals surface area contributed by atoms with Crippen LogP contribution < -0.4 is 10.1 Å². The van der Waals surface area contributed by atoms with Crippen LogP contribution in [-0.4, -0.2) is 80.7 Å². The third kappa shape index (κ3) is 4.41. The van der Waals surface area contributed by atoms with Gasteiger partial charge in [-0.3, -0.25) is 4.79 Å². The first-order chi connectivity index (χ1) is 16.1. The van der Waals surface area contributed by atoms with Crippen molar-refractivity contribution in [2.75, 3.05) is 38.0 Å². The van der Waals surface area contributed by atoms with E-state index < -0.39 is 6.09 Å². The predicted molar refractivity (Wildman–Crippen MR) is 121 cm³/mol. The van der Waals surface area contributed by atoms with Crippen LogP contribution in [0, 0.1) is 5.92 Å². The van der Waals surface area contributed by atoms with Crippen molar-refractivity contribution < 1.29 is 19.4 Å². The molecular formula is C23H26N6O4. The molecule has 0 bridgehead atoms. The second-order valence-electron chi connectivity index (χ2n) is 8.51. The highest BCUT2D eigenvalue weighted by Crippen LogP contribution is 2.28. The Hall–Kier alpha value is -3.82. The van der Waals surface area contributed by atoms with Crippen LogP contribution in [0.5, 0.6) is 5.75 Å². The molecule has 4 heterocycles. The van der Waals surface area contributed by atoms with Crippen LogP contribution in [0.2, 0.25) is 0 Å². The molecule has 3 aromatic rings. The number of carboxylic acid groups (broad SMARTS) is 1. The summed E-state index contributed by atoms with van der Waals surface area (Å²) >= 11 is 0. The summed E-state index contributed by atoms with van der Waals surface area (Å²) in [6.07, 6.45) is 3.86. The van der Waals surface area contributed by atoms with Crippen molar-refractivity contribution in [1.82, 2.24) is 24.8 Å². The van der Waals surface area contributed by atoms with E-state index in [2.05, 4.69) is 20.3 Å². The number of benzene rings is 1. The van der Waals surface area contributed by atoms with Gasteiger partial charge in [0.25, 0.3) is 5.91 Å². The standard InChI is InChI=1S/C23H26N6O4/c30-22(29-12-17(13-29)33-16-4-2-1-3-5-16)18-11-25-21-19(18)20(26-14-27-21)24-10-15-6-8-28(9-7-15)23(31)32/h1-5,11,14-15,17H,6-10,12-13H2,(H,31,32)(H2,24,25,26,27). The third-order valence-electron chi connectivity index (χ3n) is 6.32. The van der Waals surface area contributed by atoms with Crippen molar-refractivity contribution in [3.63, 3.8) is 0 Å². The van der Waals surface area contributed by atoms with E-state index in [-0.39, 0.29) is 12.0 Å². The van der Waals surface area contributed by atoms with Gasteiger partial charge in [-0.15, -0.1) is 0 Å². The molecule has 3 N–H and O–H groups in total. The number of fused-ring (bicyclic) bond motifs is 1. The van der Waals surface area contributed by atoms with E-state index in [0.29, 0.717) is 61.1 Å². The summed E-state index contributed by atoms with van der Waals surface area (Å²) in [5, 5.41) is 13.2.